The fourth-order valence-electron chi connectivity index (χ4n) is 1.23. The van der Waals surface area contributed by atoms with Crippen LogP contribution in [0.5, 0.6) is 0 Å². The first-order valence-electron chi connectivity index (χ1n) is 5.25. The van der Waals surface area contributed by atoms with Crippen LogP contribution >= 0.6 is 0 Å². The van der Waals surface area contributed by atoms with Crippen LogP contribution < -0.4 is 5.01 Å². The zero-order valence-electron chi connectivity index (χ0n) is 9.76. The van der Waals surface area contributed by atoms with E-state index < -0.39 is 0 Å². The summed E-state index contributed by atoms with van der Waals surface area (Å²) in [4.78, 5) is 22.5. The van der Waals surface area contributed by atoms with Crippen molar-refractivity contribution in [3.05, 3.63) is 48.2 Å². The number of anilines is 1. The summed E-state index contributed by atoms with van der Waals surface area (Å²) in [5.41, 5.74) is 0.869. The summed E-state index contributed by atoms with van der Waals surface area (Å²) >= 11 is 0. The molecule has 0 aromatic carbocycles. The number of rotatable bonds is 4. The molecule has 90 valence electrons. The standard InChI is InChI=1S/C12H11N5O/c1-17(12-4-2-3-5-13-12)16-8-10-6-15-11(9-18)7-14-10/h2-9H,1H3. The molecule has 0 N–H and O–H groups in total. The van der Waals surface area contributed by atoms with Gasteiger partial charge in [0.15, 0.2) is 6.29 Å². The Balaban J connectivity index is 2.08. The first-order valence-corrected chi connectivity index (χ1v) is 5.25. The van der Waals surface area contributed by atoms with Gasteiger partial charge in [-0.15, -0.1) is 0 Å². The van der Waals surface area contributed by atoms with Crippen molar-refractivity contribution in [2.24, 2.45) is 5.10 Å². The van der Waals surface area contributed by atoms with Gasteiger partial charge in [0.2, 0.25) is 0 Å². The Kier molecular flexibility index (Phi) is 3.70. The lowest BCUT2D eigenvalue weighted by Crippen LogP contribution is -2.10. The number of carbonyl (C=O) groups excluding carboxylic acids is 1. The molecule has 0 amide bonds. The van der Waals surface area contributed by atoms with Crippen molar-refractivity contribution < 1.29 is 4.79 Å². The van der Waals surface area contributed by atoms with E-state index in [-0.39, 0.29) is 0 Å². The molecule has 2 heterocycles. The second kappa shape index (κ2) is 5.62. The Labute approximate surface area is 104 Å². The van der Waals surface area contributed by atoms with E-state index in [1.165, 1.54) is 12.4 Å². The van der Waals surface area contributed by atoms with Crippen LogP contribution in [0.3, 0.4) is 0 Å². The molecule has 0 radical (unpaired) electrons. The number of hydrogen-bond acceptors (Lipinski definition) is 6. The van der Waals surface area contributed by atoms with Crippen LogP contribution in [0, 0.1) is 0 Å². The van der Waals surface area contributed by atoms with Crippen molar-refractivity contribution in [2.45, 2.75) is 0 Å². The number of aromatic nitrogens is 3. The molecule has 2 aromatic heterocycles. The summed E-state index contributed by atoms with van der Waals surface area (Å²) in [7, 11) is 1.78. The third-order valence-electron chi connectivity index (χ3n) is 2.16. The highest BCUT2D eigenvalue weighted by molar-refractivity contribution is 5.78. The zero-order valence-corrected chi connectivity index (χ0v) is 9.76. The van der Waals surface area contributed by atoms with Gasteiger partial charge in [0.1, 0.15) is 17.2 Å². The van der Waals surface area contributed by atoms with Gasteiger partial charge < -0.3 is 0 Å². The molecule has 0 saturated carbocycles. The van der Waals surface area contributed by atoms with E-state index >= 15 is 0 Å². The molecule has 0 atom stereocenters. The van der Waals surface area contributed by atoms with Gasteiger partial charge >= 0.3 is 0 Å². The van der Waals surface area contributed by atoms with E-state index in [0.29, 0.717) is 17.7 Å². The predicted molar refractivity (Wildman–Crippen MR) is 67.7 cm³/mol. The van der Waals surface area contributed by atoms with Gasteiger partial charge in [-0.2, -0.15) is 5.10 Å². The maximum atomic E-state index is 10.4. The van der Waals surface area contributed by atoms with Gasteiger partial charge in [0.25, 0.3) is 0 Å². The molecule has 0 aliphatic carbocycles. The molecule has 6 heteroatoms. The molecule has 0 aliphatic heterocycles. The van der Waals surface area contributed by atoms with Crippen molar-refractivity contribution >= 4 is 18.3 Å². The molecule has 2 rings (SSSR count). The lowest BCUT2D eigenvalue weighted by atomic mass is 10.4. The third kappa shape index (κ3) is 2.94. The number of aldehydes is 1. The monoisotopic (exact) mass is 241 g/mol. The lowest BCUT2D eigenvalue weighted by Gasteiger charge is -2.10. The quantitative estimate of drug-likeness (QED) is 0.456. The smallest absolute Gasteiger partial charge is 0.170 e. The number of nitrogens with zero attached hydrogens (tertiary/aromatic N) is 5. The molecule has 0 unspecified atom stereocenters. The van der Waals surface area contributed by atoms with Crippen LogP contribution in [0.2, 0.25) is 0 Å². The highest BCUT2D eigenvalue weighted by Crippen LogP contribution is 2.06. The van der Waals surface area contributed by atoms with Crippen molar-refractivity contribution in [1.82, 2.24) is 15.0 Å². The summed E-state index contributed by atoms with van der Waals surface area (Å²) in [6, 6.07) is 5.57. The van der Waals surface area contributed by atoms with Crippen molar-refractivity contribution in [3.63, 3.8) is 0 Å². The van der Waals surface area contributed by atoms with Gasteiger partial charge in [0, 0.05) is 13.2 Å². The van der Waals surface area contributed by atoms with Gasteiger partial charge in [0.05, 0.1) is 18.6 Å². The van der Waals surface area contributed by atoms with Crippen molar-refractivity contribution in [2.75, 3.05) is 12.1 Å². The van der Waals surface area contributed by atoms with Crippen LogP contribution in [-0.2, 0) is 0 Å². The number of hydrazone groups is 1. The topological polar surface area (TPSA) is 71.3 Å². The third-order valence-corrected chi connectivity index (χ3v) is 2.16. The van der Waals surface area contributed by atoms with E-state index in [1.54, 1.807) is 24.5 Å². The second-order valence-corrected chi connectivity index (χ2v) is 3.44. The minimum atomic E-state index is 0.297. The predicted octanol–water partition coefficient (Wildman–Crippen LogP) is 1.15. The normalized spacial score (nSPS) is 10.5. The SMILES string of the molecule is CN(N=Cc1cnc(C=O)cn1)c1ccccn1. The molecule has 0 bridgehead atoms. The van der Waals surface area contributed by atoms with Crippen molar-refractivity contribution in [3.8, 4) is 0 Å². The van der Waals surface area contributed by atoms with Gasteiger partial charge in [-0.3, -0.25) is 14.8 Å². The summed E-state index contributed by atoms with van der Waals surface area (Å²) < 4.78 is 0. The van der Waals surface area contributed by atoms with Crippen LogP contribution in [0.25, 0.3) is 0 Å². The summed E-state index contributed by atoms with van der Waals surface area (Å²) in [5.74, 6) is 0.728. The Morgan fingerprint density at radius 2 is 1.94 bits per heavy atom. The Hall–Kier alpha value is -2.63. The fraction of sp³-hybridized carbons (Fsp3) is 0.0833. The summed E-state index contributed by atoms with van der Waals surface area (Å²) in [6.45, 7) is 0. The van der Waals surface area contributed by atoms with E-state index in [9.17, 15) is 4.79 Å². The molecule has 0 aliphatic rings. The Morgan fingerprint density at radius 3 is 2.56 bits per heavy atom. The molecule has 0 fully saturated rings. The molecule has 0 saturated heterocycles. The van der Waals surface area contributed by atoms with Crippen LogP contribution in [-0.4, -0.2) is 34.5 Å². The molecule has 2 aromatic rings. The van der Waals surface area contributed by atoms with Crippen LogP contribution in [0.1, 0.15) is 16.2 Å². The van der Waals surface area contributed by atoms with E-state index in [1.807, 2.05) is 18.2 Å². The molecule has 6 nitrogen and oxygen atoms in total. The Morgan fingerprint density at radius 1 is 1.17 bits per heavy atom. The van der Waals surface area contributed by atoms with Gasteiger partial charge in [-0.1, -0.05) is 6.07 Å². The minimum absolute atomic E-state index is 0.297. The average molecular weight is 241 g/mol. The summed E-state index contributed by atoms with van der Waals surface area (Å²) in [5, 5.41) is 5.80. The first kappa shape index (κ1) is 11.8. The molecular weight excluding hydrogens is 230 g/mol. The number of pyridine rings is 1. The minimum Gasteiger partial charge on any atom is -0.296 e. The lowest BCUT2D eigenvalue weighted by molar-refractivity contribution is 0.111. The van der Waals surface area contributed by atoms with Gasteiger partial charge in [-0.25, -0.2) is 9.97 Å². The highest BCUT2D eigenvalue weighted by atomic mass is 16.1. The maximum Gasteiger partial charge on any atom is 0.170 e. The average Bonchev–Trinajstić information content (AvgIpc) is 2.46. The van der Waals surface area contributed by atoms with E-state index in [4.69, 9.17) is 0 Å². The largest absolute Gasteiger partial charge is 0.296 e. The summed E-state index contributed by atoms with van der Waals surface area (Å²) in [6.07, 6.45) is 6.78. The molecule has 18 heavy (non-hydrogen) atoms. The van der Waals surface area contributed by atoms with Crippen LogP contribution in [0.15, 0.2) is 41.9 Å². The zero-order chi connectivity index (χ0) is 12.8. The van der Waals surface area contributed by atoms with Gasteiger partial charge in [-0.05, 0) is 12.1 Å². The maximum absolute atomic E-state index is 10.4. The first-order chi connectivity index (χ1) is 8.79. The second-order valence-electron chi connectivity index (χ2n) is 3.44. The van der Waals surface area contributed by atoms with E-state index in [2.05, 4.69) is 20.1 Å². The van der Waals surface area contributed by atoms with Crippen LogP contribution in [0.4, 0.5) is 5.82 Å². The van der Waals surface area contributed by atoms with E-state index in [0.717, 1.165) is 5.82 Å². The number of carbonyl (C=O) groups is 1. The fourth-order valence-corrected chi connectivity index (χ4v) is 1.23. The van der Waals surface area contributed by atoms with Crippen molar-refractivity contribution in [1.29, 1.82) is 0 Å². The molecular formula is C12H11N5O. The number of hydrogen-bond donors (Lipinski definition) is 0. The Bertz CT molecular complexity index is 538. The molecule has 0 spiro atoms. The highest BCUT2D eigenvalue weighted by Gasteiger charge is 1.98.